The maximum Gasteiger partial charge on any atom is 0.261 e. The number of nitrogens with zero attached hydrogens (tertiary/aromatic N) is 1. The van der Waals surface area contributed by atoms with Crippen LogP contribution in [0.15, 0.2) is 39.4 Å². The molecule has 2 atom stereocenters. The van der Waals surface area contributed by atoms with E-state index in [1.807, 2.05) is 24.3 Å². The van der Waals surface area contributed by atoms with E-state index in [2.05, 4.69) is 17.1 Å². The molecule has 0 aliphatic carbocycles. The van der Waals surface area contributed by atoms with Gasteiger partial charge in [0.1, 0.15) is 0 Å². The van der Waals surface area contributed by atoms with Gasteiger partial charge in [-0.2, -0.15) is 0 Å². The van der Waals surface area contributed by atoms with E-state index in [4.69, 9.17) is 23.2 Å². The molecule has 3 saturated heterocycles. The third kappa shape index (κ3) is 3.65. The first-order valence-corrected chi connectivity index (χ1v) is 11.2. The zero-order chi connectivity index (χ0) is 18.3. The number of hydrogen-bond donors (Lipinski definition) is 1. The number of carbonyl (C=O) groups excluding carboxylic acids is 1. The minimum Gasteiger partial charge on any atom is -0.347 e. The fourth-order valence-corrected chi connectivity index (χ4v) is 6.45. The predicted octanol–water partition coefficient (Wildman–Crippen LogP) is 5.42. The summed E-state index contributed by atoms with van der Waals surface area (Å²) >= 11 is 15.4. The fraction of sp³-hybridized carbons (Fsp3) is 0.421. The molecule has 26 heavy (non-hydrogen) atoms. The molecular formula is C19H20Cl2N2OS2. The number of rotatable bonds is 4. The van der Waals surface area contributed by atoms with Crippen LogP contribution < -0.4 is 5.32 Å². The Labute approximate surface area is 172 Å². The van der Waals surface area contributed by atoms with Gasteiger partial charge in [0, 0.05) is 17.0 Å². The van der Waals surface area contributed by atoms with Gasteiger partial charge in [0.15, 0.2) is 0 Å². The van der Waals surface area contributed by atoms with Crippen LogP contribution in [0, 0.1) is 5.92 Å². The summed E-state index contributed by atoms with van der Waals surface area (Å²) in [7, 11) is 0. The van der Waals surface area contributed by atoms with Crippen molar-refractivity contribution >= 4 is 52.2 Å². The molecular weight excluding hydrogens is 407 g/mol. The summed E-state index contributed by atoms with van der Waals surface area (Å²) in [4.78, 5) is 16.9. The summed E-state index contributed by atoms with van der Waals surface area (Å²) in [6.07, 6.45) is 2.38. The molecule has 2 bridgehead atoms. The SMILES string of the molecule is C[C@H]1[C@H](NC(=O)c2ccc(Sc3cccc(Cl)c3Cl)s2)C2CCN1CC2. The van der Waals surface area contributed by atoms with E-state index in [0.29, 0.717) is 22.0 Å². The number of carbonyl (C=O) groups is 1. The Bertz CT molecular complexity index is 816. The van der Waals surface area contributed by atoms with Crippen molar-refractivity contribution in [2.75, 3.05) is 13.1 Å². The zero-order valence-corrected chi connectivity index (χ0v) is 17.5. The van der Waals surface area contributed by atoms with Crippen molar-refractivity contribution in [3.63, 3.8) is 0 Å². The highest BCUT2D eigenvalue weighted by Crippen LogP contribution is 2.40. The van der Waals surface area contributed by atoms with Crippen molar-refractivity contribution < 1.29 is 4.79 Å². The summed E-state index contributed by atoms with van der Waals surface area (Å²) in [5, 5.41) is 4.39. The maximum atomic E-state index is 12.7. The highest BCUT2D eigenvalue weighted by atomic mass is 35.5. The lowest BCUT2D eigenvalue weighted by Gasteiger charge is -2.49. The molecule has 3 aliphatic rings. The van der Waals surface area contributed by atoms with Crippen molar-refractivity contribution in [2.45, 2.75) is 41.0 Å². The number of halogens is 2. The van der Waals surface area contributed by atoms with Gasteiger partial charge in [-0.3, -0.25) is 9.69 Å². The molecule has 3 fully saturated rings. The van der Waals surface area contributed by atoms with Crippen LogP contribution >= 0.6 is 46.3 Å². The summed E-state index contributed by atoms with van der Waals surface area (Å²) < 4.78 is 1.03. The number of piperidine rings is 3. The molecule has 0 saturated carbocycles. The average molecular weight is 427 g/mol. The standard InChI is InChI=1S/C19H20Cl2N2OS2/c1-11-18(12-7-9-23(11)10-8-12)22-19(24)15-5-6-16(26-15)25-14-4-2-3-13(20)17(14)21/h2-6,11-12,18H,7-10H2,1H3,(H,22,24)/t11-,18-/m0/s1. The number of nitrogens with one attached hydrogen (secondary N) is 1. The van der Waals surface area contributed by atoms with Crippen LogP contribution in [0.25, 0.3) is 0 Å². The van der Waals surface area contributed by atoms with Crippen LogP contribution in [0.3, 0.4) is 0 Å². The molecule has 0 radical (unpaired) electrons. The van der Waals surface area contributed by atoms with E-state index in [1.54, 1.807) is 6.07 Å². The second-order valence-electron chi connectivity index (χ2n) is 6.89. The highest BCUT2D eigenvalue weighted by Gasteiger charge is 2.40. The number of thiophene rings is 1. The largest absolute Gasteiger partial charge is 0.347 e. The maximum absolute atomic E-state index is 12.7. The fourth-order valence-electron chi connectivity index (χ4n) is 3.94. The van der Waals surface area contributed by atoms with Crippen molar-refractivity contribution in [3.05, 3.63) is 45.3 Å². The van der Waals surface area contributed by atoms with E-state index in [0.717, 1.165) is 14.0 Å². The Balaban J connectivity index is 1.44. The van der Waals surface area contributed by atoms with Gasteiger partial charge in [0.2, 0.25) is 0 Å². The summed E-state index contributed by atoms with van der Waals surface area (Å²) in [5.74, 6) is 0.641. The molecule has 1 N–H and O–H groups in total. The van der Waals surface area contributed by atoms with E-state index in [9.17, 15) is 4.79 Å². The Hall–Kier alpha value is -0.720. The molecule has 3 aliphatic heterocycles. The molecule has 1 aromatic heterocycles. The molecule has 4 heterocycles. The number of benzene rings is 1. The molecule has 0 spiro atoms. The summed E-state index contributed by atoms with van der Waals surface area (Å²) in [5.41, 5.74) is 0. The summed E-state index contributed by atoms with van der Waals surface area (Å²) in [6, 6.07) is 10.1. The topological polar surface area (TPSA) is 32.3 Å². The van der Waals surface area contributed by atoms with Crippen LogP contribution in [-0.4, -0.2) is 36.0 Å². The third-order valence-electron chi connectivity index (χ3n) is 5.41. The van der Waals surface area contributed by atoms with Crippen molar-refractivity contribution in [3.8, 4) is 0 Å². The van der Waals surface area contributed by atoms with E-state index >= 15 is 0 Å². The lowest BCUT2D eigenvalue weighted by Crippen LogP contribution is -2.62. The molecule has 3 nitrogen and oxygen atoms in total. The highest BCUT2D eigenvalue weighted by molar-refractivity contribution is 8.01. The number of fused-ring (bicyclic) bond motifs is 3. The van der Waals surface area contributed by atoms with Gasteiger partial charge >= 0.3 is 0 Å². The van der Waals surface area contributed by atoms with Gasteiger partial charge in [-0.1, -0.05) is 41.0 Å². The monoisotopic (exact) mass is 426 g/mol. The Kier molecular flexibility index (Phi) is 5.53. The normalized spacial score (nSPS) is 27.5. The lowest BCUT2D eigenvalue weighted by atomic mass is 9.79. The van der Waals surface area contributed by atoms with Crippen LogP contribution in [0.4, 0.5) is 0 Å². The van der Waals surface area contributed by atoms with Gasteiger partial charge in [0.25, 0.3) is 5.91 Å². The van der Waals surface area contributed by atoms with Crippen LogP contribution in [0.2, 0.25) is 10.0 Å². The molecule has 138 valence electrons. The Morgan fingerprint density at radius 1 is 1.23 bits per heavy atom. The molecule has 5 rings (SSSR count). The van der Waals surface area contributed by atoms with Gasteiger partial charge in [-0.25, -0.2) is 0 Å². The second-order valence-corrected chi connectivity index (χ2v) is 10.1. The van der Waals surface area contributed by atoms with Gasteiger partial charge in [-0.05, 0) is 63.0 Å². The minimum absolute atomic E-state index is 0.0321. The first-order chi connectivity index (χ1) is 12.5. The van der Waals surface area contributed by atoms with Crippen LogP contribution in [-0.2, 0) is 0 Å². The van der Waals surface area contributed by atoms with Gasteiger partial charge < -0.3 is 5.32 Å². The summed E-state index contributed by atoms with van der Waals surface area (Å²) in [6.45, 7) is 4.56. The molecule has 1 amide bonds. The van der Waals surface area contributed by atoms with E-state index in [-0.39, 0.29) is 11.9 Å². The molecule has 1 aromatic carbocycles. The van der Waals surface area contributed by atoms with Crippen molar-refractivity contribution in [2.24, 2.45) is 5.92 Å². The average Bonchev–Trinajstić information content (AvgIpc) is 3.11. The predicted molar refractivity (Wildman–Crippen MR) is 110 cm³/mol. The first-order valence-electron chi connectivity index (χ1n) is 8.79. The smallest absolute Gasteiger partial charge is 0.261 e. The van der Waals surface area contributed by atoms with E-state index < -0.39 is 0 Å². The molecule has 7 heteroatoms. The number of amides is 1. The van der Waals surface area contributed by atoms with Crippen LogP contribution in [0.5, 0.6) is 0 Å². The second kappa shape index (κ2) is 7.72. The lowest BCUT2D eigenvalue weighted by molar-refractivity contribution is 0.0218. The zero-order valence-electron chi connectivity index (χ0n) is 14.4. The van der Waals surface area contributed by atoms with Crippen molar-refractivity contribution in [1.82, 2.24) is 10.2 Å². The Morgan fingerprint density at radius 3 is 2.73 bits per heavy atom. The third-order valence-corrected chi connectivity index (χ3v) is 8.61. The first kappa shape index (κ1) is 18.6. The van der Waals surface area contributed by atoms with E-state index in [1.165, 1.54) is 49.0 Å². The Morgan fingerprint density at radius 2 is 2.00 bits per heavy atom. The minimum atomic E-state index is 0.0321. The van der Waals surface area contributed by atoms with Crippen LogP contribution in [0.1, 0.15) is 29.4 Å². The van der Waals surface area contributed by atoms with Crippen molar-refractivity contribution in [1.29, 1.82) is 0 Å². The molecule has 2 aromatic rings. The molecule has 0 unspecified atom stereocenters. The van der Waals surface area contributed by atoms with Gasteiger partial charge in [-0.15, -0.1) is 11.3 Å². The van der Waals surface area contributed by atoms with Gasteiger partial charge in [0.05, 0.1) is 19.1 Å². The number of hydrogen-bond acceptors (Lipinski definition) is 4. The quantitative estimate of drug-likeness (QED) is 0.707.